The minimum Gasteiger partial charge on any atom is -0.493 e. The summed E-state index contributed by atoms with van der Waals surface area (Å²) in [7, 11) is 4.19. The molecule has 0 amide bonds. The van der Waals surface area contributed by atoms with Crippen LogP contribution in [0.15, 0.2) is 72.8 Å². The standard InChI is InChI=1S/C21H21O3P/c1-22-19-14-18(15-20(23-2)21(19)24-3)25(16-10-6-4-7-11-16)17-12-8-5-9-13-17/h4-15H,1-3H3. The average molecular weight is 352 g/mol. The lowest BCUT2D eigenvalue weighted by atomic mass is 10.3. The molecule has 0 aliphatic carbocycles. The second kappa shape index (κ2) is 8.04. The van der Waals surface area contributed by atoms with E-state index in [1.165, 1.54) is 10.6 Å². The first kappa shape index (κ1) is 17.3. The van der Waals surface area contributed by atoms with Gasteiger partial charge in [-0.2, -0.15) is 0 Å². The molecule has 0 fully saturated rings. The van der Waals surface area contributed by atoms with Gasteiger partial charge < -0.3 is 14.2 Å². The minimum absolute atomic E-state index is 0.616. The zero-order valence-electron chi connectivity index (χ0n) is 14.6. The third-order valence-corrected chi connectivity index (χ3v) is 6.34. The monoisotopic (exact) mass is 352 g/mol. The quantitative estimate of drug-likeness (QED) is 0.636. The molecule has 0 saturated heterocycles. The van der Waals surface area contributed by atoms with E-state index in [9.17, 15) is 0 Å². The van der Waals surface area contributed by atoms with Crippen molar-refractivity contribution in [2.75, 3.05) is 21.3 Å². The van der Waals surface area contributed by atoms with Crippen molar-refractivity contribution < 1.29 is 14.2 Å². The zero-order valence-corrected chi connectivity index (χ0v) is 15.5. The third kappa shape index (κ3) is 3.62. The lowest BCUT2D eigenvalue weighted by Crippen LogP contribution is -2.21. The molecule has 0 saturated carbocycles. The Morgan fingerprint density at radius 3 is 1.36 bits per heavy atom. The number of methoxy groups -OCH3 is 3. The molecule has 3 aromatic carbocycles. The summed E-state index contributed by atoms with van der Waals surface area (Å²) in [6, 6.07) is 25.1. The number of hydrogen-bond donors (Lipinski definition) is 0. The molecule has 0 unspecified atom stereocenters. The van der Waals surface area contributed by atoms with E-state index in [0.29, 0.717) is 17.2 Å². The Hall–Kier alpha value is -2.51. The summed E-state index contributed by atoms with van der Waals surface area (Å²) in [6.07, 6.45) is 0. The van der Waals surface area contributed by atoms with Crippen LogP contribution >= 0.6 is 7.92 Å². The van der Waals surface area contributed by atoms with Crippen LogP contribution in [0.1, 0.15) is 0 Å². The van der Waals surface area contributed by atoms with Crippen molar-refractivity contribution >= 4 is 23.8 Å². The van der Waals surface area contributed by atoms with Crippen LogP contribution < -0.4 is 30.1 Å². The fraction of sp³-hybridized carbons (Fsp3) is 0.143. The number of hydrogen-bond acceptors (Lipinski definition) is 3. The molecule has 0 radical (unpaired) electrons. The topological polar surface area (TPSA) is 27.7 Å². The maximum atomic E-state index is 5.55. The van der Waals surface area contributed by atoms with Gasteiger partial charge >= 0.3 is 0 Å². The van der Waals surface area contributed by atoms with Crippen molar-refractivity contribution in [3.63, 3.8) is 0 Å². The predicted octanol–water partition coefficient (Wildman–Crippen LogP) is 3.47. The van der Waals surface area contributed by atoms with Crippen molar-refractivity contribution in [2.45, 2.75) is 0 Å². The van der Waals surface area contributed by atoms with Gasteiger partial charge in [0.25, 0.3) is 0 Å². The lowest BCUT2D eigenvalue weighted by molar-refractivity contribution is 0.325. The van der Waals surface area contributed by atoms with Crippen LogP contribution in [0.4, 0.5) is 0 Å². The first-order chi connectivity index (χ1) is 12.3. The molecule has 3 aromatic rings. The Labute approximate surface area is 149 Å². The van der Waals surface area contributed by atoms with Gasteiger partial charge in [-0.15, -0.1) is 0 Å². The number of benzene rings is 3. The first-order valence-corrected chi connectivity index (χ1v) is 9.33. The fourth-order valence-corrected chi connectivity index (χ4v) is 5.13. The lowest BCUT2D eigenvalue weighted by Gasteiger charge is -2.22. The summed E-state index contributed by atoms with van der Waals surface area (Å²) in [5, 5.41) is 3.71. The highest BCUT2D eigenvalue weighted by molar-refractivity contribution is 7.79. The maximum absolute atomic E-state index is 5.55. The number of ether oxygens (including phenoxy) is 3. The Balaban J connectivity index is 2.20. The Morgan fingerprint density at radius 1 is 0.560 bits per heavy atom. The second-order valence-corrected chi connectivity index (χ2v) is 7.61. The molecular formula is C21H21O3P. The molecule has 0 aliphatic rings. The molecule has 25 heavy (non-hydrogen) atoms. The molecule has 0 aliphatic heterocycles. The third-order valence-electron chi connectivity index (χ3n) is 3.94. The van der Waals surface area contributed by atoms with Crippen molar-refractivity contribution in [3.05, 3.63) is 72.8 Å². The molecule has 0 atom stereocenters. The molecule has 0 bridgehead atoms. The smallest absolute Gasteiger partial charge is 0.203 e. The highest BCUT2D eigenvalue weighted by atomic mass is 31.1. The van der Waals surface area contributed by atoms with Gasteiger partial charge in [0, 0.05) is 0 Å². The van der Waals surface area contributed by atoms with E-state index in [1.807, 2.05) is 24.3 Å². The molecular weight excluding hydrogens is 331 g/mol. The van der Waals surface area contributed by atoms with Gasteiger partial charge in [-0.05, 0) is 36.0 Å². The van der Waals surface area contributed by atoms with Crippen LogP contribution in [0, 0.1) is 0 Å². The van der Waals surface area contributed by atoms with Gasteiger partial charge in [-0.1, -0.05) is 60.7 Å². The van der Waals surface area contributed by atoms with Crippen molar-refractivity contribution in [2.24, 2.45) is 0 Å². The van der Waals surface area contributed by atoms with Crippen LogP contribution in [0.3, 0.4) is 0 Å². The Bertz CT molecular complexity index is 755. The van der Waals surface area contributed by atoms with Gasteiger partial charge in [0.1, 0.15) is 0 Å². The van der Waals surface area contributed by atoms with Crippen LogP contribution in [-0.2, 0) is 0 Å². The van der Waals surface area contributed by atoms with E-state index in [1.54, 1.807) is 21.3 Å². The zero-order chi connectivity index (χ0) is 17.6. The first-order valence-electron chi connectivity index (χ1n) is 7.98. The van der Waals surface area contributed by atoms with Gasteiger partial charge in [-0.3, -0.25) is 0 Å². The summed E-state index contributed by atoms with van der Waals surface area (Å²) in [5.41, 5.74) is 0. The molecule has 128 valence electrons. The van der Waals surface area contributed by atoms with Crippen LogP contribution in [0.2, 0.25) is 0 Å². The summed E-state index contributed by atoms with van der Waals surface area (Å²) in [5.74, 6) is 1.97. The molecule has 0 aromatic heterocycles. The second-order valence-electron chi connectivity index (χ2n) is 5.39. The van der Waals surface area contributed by atoms with E-state index >= 15 is 0 Å². The maximum Gasteiger partial charge on any atom is 0.203 e. The van der Waals surface area contributed by atoms with Gasteiger partial charge in [0.15, 0.2) is 11.5 Å². The van der Waals surface area contributed by atoms with Crippen molar-refractivity contribution in [1.29, 1.82) is 0 Å². The van der Waals surface area contributed by atoms with Crippen LogP contribution in [-0.4, -0.2) is 21.3 Å². The van der Waals surface area contributed by atoms with Crippen molar-refractivity contribution in [3.8, 4) is 17.2 Å². The normalized spacial score (nSPS) is 10.6. The molecule has 3 rings (SSSR count). The Morgan fingerprint density at radius 2 is 1.00 bits per heavy atom. The predicted molar refractivity (Wildman–Crippen MR) is 105 cm³/mol. The van der Waals surface area contributed by atoms with E-state index < -0.39 is 7.92 Å². The molecule has 0 spiro atoms. The molecule has 0 heterocycles. The molecule has 0 N–H and O–H groups in total. The SMILES string of the molecule is COc1cc(P(c2ccccc2)c2ccccc2)cc(OC)c1OC. The van der Waals surface area contributed by atoms with Crippen LogP contribution in [0.25, 0.3) is 0 Å². The summed E-state index contributed by atoms with van der Waals surface area (Å²) in [6.45, 7) is 0. The number of rotatable bonds is 6. The minimum atomic E-state index is -0.723. The highest BCUT2D eigenvalue weighted by Gasteiger charge is 2.21. The van der Waals surface area contributed by atoms with Gasteiger partial charge in [-0.25, -0.2) is 0 Å². The largest absolute Gasteiger partial charge is 0.493 e. The van der Waals surface area contributed by atoms with E-state index in [4.69, 9.17) is 14.2 Å². The van der Waals surface area contributed by atoms with Gasteiger partial charge in [0.05, 0.1) is 21.3 Å². The van der Waals surface area contributed by atoms with E-state index in [0.717, 1.165) is 5.30 Å². The summed E-state index contributed by atoms with van der Waals surface area (Å²) < 4.78 is 16.6. The van der Waals surface area contributed by atoms with Gasteiger partial charge in [0.2, 0.25) is 5.75 Å². The average Bonchev–Trinajstić information content (AvgIpc) is 2.69. The van der Waals surface area contributed by atoms with Crippen LogP contribution in [0.5, 0.6) is 17.2 Å². The summed E-state index contributed by atoms with van der Waals surface area (Å²) in [4.78, 5) is 0. The fourth-order valence-electron chi connectivity index (χ4n) is 2.80. The van der Waals surface area contributed by atoms with Crippen molar-refractivity contribution in [1.82, 2.24) is 0 Å². The molecule has 4 heteroatoms. The molecule has 3 nitrogen and oxygen atoms in total. The highest BCUT2D eigenvalue weighted by Crippen LogP contribution is 2.41. The summed E-state index contributed by atoms with van der Waals surface area (Å²) >= 11 is 0. The Kier molecular flexibility index (Phi) is 5.57. The van der Waals surface area contributed by atoms with E-state index in [2.05, 4.69) is 48.5 Å². The van der Waals surface area contributed by atoms with E-state index in [-0.39, 0.29) is 0 Å².